The zero-order valence-corrected chi connectivity index (χ0v) is 11.7. The molecular formula is C11H18N4O2S. The second kappa shape index (κ2) is 5.98. The SMILES string of the molecule is CCN(CCC#N)S(=O)(=O)c1cnn(C(C)C)c1. The maximum Gasteiger partial charge on any atom is 0.246 e. The topological polar surface area (TPSA) is 79.0 Å². The number of sulfonamides is 1. The van der Waals surface area contributed by atoms with Gasteiger partial charge in [-0.1, -0.05) is 6.92 Å². The van der Waals surface area contributed by atoms with E-state index in [2.05, 4.69) is 5.10 Å². The molecule has 0 atom stereocenters. The zero-order chi connectivity index (χ0) is 13.8. The molecule has 0 unspecified atom stereocenters. The van der Waals surface area contributed by atoms with Crippen molar-refractivity contribution in [1.82, 2.24) is 14.1 Å². The van der Waals surface area contributed by atoms with Gasteiger partial charge in [-0.25, -0.2) is 8.42 Å². The number of aromatic nitrogens is 2. The van der Waals surface area contributed by atoms with Crippen LogP contribution in [0.4, 0.5) is 0 Å². The van der Waals surface area contributed by atoms with Crippen LogP contribution in [0.2, 0.25) is 0 Å². The van der Waals surface area contributed by atoms with Crippen molar-refractivity contribution < 1.29 is 8.42 Å². The Morgan fingerprint density at radius 3 is 2.67 bits per heavy atom. The molecule has 0 bridgehead atoms. The lowest BCUT2D eigenvalue weighted by atomic mass is 10.4. The molecular weight excluding hydrogens is 252 g/mol. The molecule has 1 aromatic rings. The van der Waals surface area contributed by atoms with Gasteiger partial charge in [0.15, 0.2) is 0 Å². The summed E-state index contributed by atoms with van der Waals surface area (Å²) in [5, 5.41) is 12.6. The summed E-state index contributed by atoms with van der Waals surface area (Å²) in [4.78, 5) is 0.177. The standard InChI is InChI=1S/C11H18N4O2S/c1-4-14(7-5-6-12)18(16,17)11-8-13-15(9-11)10(2)3/h8-10H,4-5,7H2,1-3H3. The van der Waals surface area contributed by atoms with Gasteiger partial charge in [0.2, 0.25) is 10.0 Å². The Morgan fingerprint density at radius 1 is 1.56 bits per heavy atom. The van der Waals surface area contributed by atoms with Gasteiger partial charge in [-0.15, -0.1) is 0 Å². The van der Waals surface area contributed by atoms with Crippen LogP contribution in [-0.4, -0.2) is 35.6 Å². The van der Waals surface area contributed by atoms with Gasteiger partial charge in [0.05, 0.1) is 12.3 Å². The van der Waals surface area contributed by atoms with Gasteiger partial charge >= 0.3 is 0 Å². The van der Waals surface area contributed by atoms with Crippen molar-refractivity contribution in [3.8, 4) is 6.07 Å². The molecule has 0 aliphatic rings. The number of rotatable bonds is 6. The molecule has 0 spiro atoms. The van der Waals surface area contributed by atoms with Crippen LogP contribution in [0.1, 0.15) is 33.2 Å². The first-order chi connectivity index (χ1) is 8.43. The van der Waals surface area contributed by atoms with Crippen LogP contribution >= 0.6 is 0 Å². The fourth-order valence-corrected chi connectivity index (χ4v) is 2.90. The molecule has 0 fully saturated rings. The lowest BCUT2D eigenvalue weighted by molar-refractivity contribution is 0.434. The molecule has 0 radical (unpaired) electrons. The van der Waals surface area contributed by atoms with Gasteiger partial charge in [-0.05, 0) is 13.8 Å². The lowest BCUT2D eigenvalue weighted by Crippen LogP contribution is -2.31. The summed E-state index contributed by atoms with van der Waals surface area (Å²) in [5.41, 5.74) is 0. The first kappa shape index (κ1) is 14.7. The predicted octanol–water partition coefficient (Wildman–Crippen LogP) is 1.39. The fourth-order valence-electron chi connectivity index (χ4n) is 1.51. The van der Waals surface area contributed by atoms with Crippen LogP contribution in [0, 0.1) is 11.3 Å². The number of nitrogens with zero attached hydrogens (tertiary/aromatic N) is 4. The van der Waals surface area contributed by atoms with E-state index in [1.54, 1.807) is 11.6 Å². The van der Waals surface area contributed by atoms with E-state index in [0.29, 0.717) is 6.54 Å². The van der Waals surface area contributed by atoms with E-state index in [1.807, 2.05) is 19.9 Å². The first-order valence-electron chi connectivity index (χ1n) is 5.84. The Bertz CT molecular complexity index is 527. The highest BCUT2D eigenvalue weighted by molar-refractivity contribution is 7.89. The zero-order valence-electron chi connectivity index (χ0n) is 10.9. The summed E-state index contributed by atoms with van der Waals surface area (Å²) >= 11 is 0. The van der Waals surface area contributed by atoms with Crippen molar-refractivity contribution in [3.63, 3.8) is 0 Å². The molecule has 1 heterocycles. The van der Waals surface area contributed by atoms with Gasteiger partial charge in [0, 0.05) is 31.7 Å². The third-order valence-corrected chi connectivity index (χ3v) is 4.50. The Morgan fingerprint density at radius 2 is 2.22 bits per heavy atom. The highest BCUT2D eigenvalue weighted by atomic mass is 32.2. The Balaban J connectivity index is 3.00. The molecule has 0 N–H and O–H groups in total. The molecule has 18 heavy (non-hydrogen) atoms. The Kier molecular flexibility index (Phi) is 4.87. The molecule has 7 heteroatoms. The minimum Gasteiger partial charge on any atom is -0.269 e. The van der Waals surface area contributed by atoms with E-state index >= 15 is 0 Å². The van der Waals surface area contributed by atoms with Crippen molar-refractivity contribution in [2.45, 2.75) is 38.1 Å². The summed E-state index contributed by atoms with van der Waals surface area (Å²) < 4.78 is 27.4. The van der Waals surface area contributed by atoms with Gasteiger partial charge in [-0.2, -0.15) is 14.7 Å². The number of hydrogen-bond acceptors (Lipinski definition) is 4. The molecule has 0 aliphatic carbocycles. The van der Waals surface area contributed by atoms with Gasteiger partial charge in [0.1, 0.15) is 4.90 Å². The highest BCUT2D eigenvalue weighted by Gasteiger charge is 2.24. The first-order valence-corrected chi connectivity index (χ1v) is 7.28. The van der Waals surface area contributed by atoms with Crippen LogP contribution in [0.3, 0.4) is 0 Å². The quantitative estimate of drug-likeness (QED) is 0.782. The monoisotopic (exact) mass is 270 g/mol. The smallest absolute Gasteiger partial charge is 0.246 e. The third-order valence-electron chi connectivity index (χ3n) is 2.57. The molecule has 0 saturated heterocycles. The van der Waals surface area contributed by atoms with Gasteiger partial charge < -0.3 is 0 Å². The van der Waals surface area contributed by atoms with Crippen LogP contribution in [0.5, 0.6) is 0 Å². The maximum absolute atomic E-state index is 12.3. The average Bonchev–Trinajstić information content (AvgIpc) is 2.79. The number of nitriles is 1. The highest BCUT2D eigenvalue weighted by Crippen LogP contribution is 2.16. The van der Waals surface area contributed by atoms with Crippen molar-refractivity contribution in [3.05, 3.63) is 12.4 Å². The van der Waals surface area contributed by atoms with Gasteiger partial charge in [-0.3, -0.25) is 4.68 Å². The summed E-state index contributed by atoms with van der Waals surface area (Å²) in [7, 11) is -3.54. The van der Waals surface area contributed by atoms with E-state index in [-0.39, 0.29) is 23.9 Å². The third kappa shape index (κ3) is 3.09. The average molecular weight is 270 g/mol. The Labute approximate surface area is 108 Å². The minimum absolute atomic E-state index is 0.114. The van der Waals surface area contributed by atoms with E-state index < -0.39 is 10.0 Å². The van der Waals surface area contributed by atoms with Crippen molar-refractivity contribution >= 4 is 10.0 Å². The van der Waals surface area contributed by atoms with Crippen LogP contribution in [-0.2, 0) is 10.0 Å². The second-order valence-corrected chi connectivity index (χ2v) is 6.09. The summed E-state index contributed by atoms with van der Waals surface area (Å²) in [6.45, 7) is 6.16. The van der Waals surface area contributed by atoms with E-state index in [4.69, 9.17) is 5.26 Å². The molecule has 0 saturated carbocycles. The van der Waals surface area contributed by atoms with E-state index in [1.165, 1.54) is 16.7 Å². The summed E-state index contributed by atoms with van der Waals surface area (Å²) in [5.74, 6) is 0. The van der Waals surface area contributed by atoms with Crippen LogP contribution < -0.4 is 0 Å². The van der Waals surface area contributed by atoms with Crippen LogP contribution in [0.25, 0.3) is 0 Å². The summed E-state index contributed by atoms with van der Waals surface area (Å²) in [6, 6.07) is 2.07. The minimum atomic E-state index is -3.54. The summed E-state index contributed by atoms with van der Waals surface area (Å²) in [6.07, 6.45) is 3.06. The van der Waals surface area contributed by atoms with Crippen molar-refractivity contribution in [2.24, 2.45) is 0 Å². The maximum atomic E-state index is 12.3. The molecule has 0 aromatic carbocycles. The molecule has 0 amide bonds. The van der Waals surface area contributed by atoms with E-state index in [9.17, 15) is 8.42 Å². The normalized spacial score (nSPS) is 12.0. The van der Waals surface area contributed by atoms with E-state index in [0.717, 1.165) is 0 Å². The van der Waals surface area contributed by atoms with Crippen molar-refractivity contribution in [2.75, 3.05) is 13.1 Å². The molecule has 0 aliphatic heterocycles. The van der Waals surface area contributed by atoms with Gasteiger partial charge in [0.25, 0.3) is 0 Å². The number of hydrogen-bond donors (Lipinski definition) is 0. The molecule has 100 valence electrons. The molecule has 1 rings (SSSR count). The molecule has 1 aromatic heterocycles. The van der Waals surface area contributed by atoms with Crippen LogP contribution in [0.15, 0.2) is 17.3 Å². The molecule has 6 nitrogen and oxygen atoms in total. The lowest BCUT2D eigenvalue weighted by Gasteiger charge is -2.17. The largest absolute Gasteiger partial charge is 0.269 e. The predicted molar refractivity (Wildman–Crippen MR) is 67.3 cm³/mol. The Hall–Kier alpha value is -1.39. The van der Waals surface area contributed by atoms with Crippen molar-refractivity contribution in [1.29, 1.82) is 5.26 Å². The second-order valence-electron chi connectivity index (χ2n) is 4.15. The fraction of sp³-hybridized carbons (Fsp3) is 0.636.